The minimum Gasteiger partial charge on any atom is -0.367 e. The predicted octanol–water partition coefficient (Wildman–Crippen LogP) is 3.26. The number of nitrogens with zero attached hydrogens (tertiary/aromatic N) is 3. The second kappa shape index (κ2) is 6.34. The Balaban J connectivity index is 1.86. The van der Waals surface area contributed by atoms with E-state index in [-0.39, 0.29) is 17.9 Å². The summed E-state index contributed by atoms with van der Waals surface area (Å²) < 4.78 is 6.05. The average molecular weight is 313 g/mol. The standard InChI is InChI=1S/C17H19N3O3/c1-12-8-15(20(21)22)9-18-17(12)19-10-13(2)23-16(11-19)14-6-4-3-5-7-14/h3-9,13,16H,10-11H2,1-2H3. The maximum atomic E-state index is 10.9. The Morgan fingerprint density at radius 1 is 1.30 bits per heavy atom. The first-order chi connectivity index (χ1) is 11.0. The Morgan fingerprint density at radius 3 is 2.70 bits per heavy atom. The molecule has 1 aliphatic heterocycles. The fourth-order valence-electron chi connectivity index (χ4n) is 2.96. The summed E-state index contributed by atoms with van der Waals surface area (Å²) in [5.41, 5.74) is 1.95. The lowest BCUT2D eigenvalue weighted by atomic mass is 10.1. The van der Waals surface area contributed by atoms with Crippen LogP contribution in [-0.4, -0.2) is 29.1 Å². The van der Waals surface area contributed by atoms with Crippen molar-refractivity contribution in [1.29, 1.82) is 0 Å². The van der Waals surface area contributed by atoms with Crippen molar-refractivity contribution in [2.45, 2.75) is 26.1 Å². The topological polar surface area (TPSA) is 68.5 Å². The summed E-state index contributed by atoms with van der Waals surface area (Å²) in [5.74, 6) is 0.784. The summed E-state index contributed by atoms with van der Waals surface area (Å²) in [4.78, 5) is 16.9. The van der Waals surface area contributed by atoms with Gasteiger partial charge in [-0.3, -0.25) is 10.1 Å². The van der Waals surface area contributed by atoms with Gasteiger partial charge in [-0.25, -0.2) is 4.98 Å². The summed E-state index contributed by atoms with van der Waals surface area (Å²) in [7, 11) is 0. The SMILES string of the molecule is Cc1cc([N+](=O)[O-])cnc1N1CC(C)OC(c2ccccc2)C1. The highest BCUT2D eigenvalue weighted by molar-refractivity contribution is 5.51. The molecule has 2 unspecified atom stereocenters. The fraction of sp³-hybridized carbons (Fsp3) is 0.353. The van der Waals surface area contributed by atoms with Crippen molar-refractivity contribution < 1.29 is 9.66 Å². The van der Waals surface area contributed by atoms with Crippen molar-refractivity contribution in [3.63, 3.8) is 0 Å². The molecule has 0 radical (unpaired) electrons. The molecule has 1 aliphatic rings. The number of benzene rings is 1. The van der Waals surface area contributed by atoms with Crippen LogP contribution in [0.5, 0.6) is 0 Å². The van der Waals surface area contributed by atoms with Gasteiger partial charge in [0.05, 0.1) is 11.0 Å². The minimum absolute atomic E-state index is 0.0205. The maximum absolute atomic E-state index is 10.9. The molecular weight excluding hydrogens is 294 g/mol. The zero-order valence-corrected chi connectivity index (χ0v) is 13.2. The van der Waals surface area contributed by atoms with Gasteiger partial charge in [0, 0.05) is 19.2 Å². The summed E-state index contributed by atoms with van der Waals surface area (Å²) in [5, 5.41) is 10.9. The molecule has 1 aromatic heterocycles. The lowest BCUT2D eigenvalue weighted by Crippen LogP contribution is -2.43. The molecule has 0 amide bonds. The molecule has 3 rings (SSSR count). The number of morpholine rings is 1. The summed E-state index contributed by atoms with van der Waals surface area (Å²) in [6.45, 7) is 5.28. The van der Waals surface area contributed by atoms with Crippen LogP contribution < -0.4 is 4.90 Å². The number of ether oxygens (including phenoxy) is 1. The number of nitro groups is 1. The van der Waals surface area contributed by atoms with Crippen LogP contribution in [0.4, 0.5) is 11.5 Å². The molecule has 0 saturated carbocycles. The van der Waals surface area contributed by atoms with Crippen LogP contribution >= 0.6 is 0 Å². The molecule has 1 aromatic carbocycles. The van der Waals surface area contributed by atoms with E-state index in [9.17, 15) is 10.1 Å². The fourth-order valence-corrected chi connectivity index (χ4v) is 2.96. The quantitative estimate of drug-likeness (QED) is 0.642. The first kappa shape index (κ1) is 15.4. The monoisotopic (exact) mass is 313 g/mol. The highest BCUT2D eigenvalue weighted by Crippen LogP contribution is 2.30. The van der Waals surface area contributed by atoms with Crippen molar-refractivity contribution in [3.05, 3.63) is 63.8 Å². The van der Waals surface area contributed by atoms with E-state index < -0.39 is 4.92 Å². The molecule has 0 N–H and O–H groups in total. The van der Waals surface area contributed by atoms with Crippen LogP contribution in [-0.2, 0) is 4.74 Å². The van der Waals surface area contributed by atoms with Gasteiger partial charge in [0.1, 0.15) is 18.1 Å². The van der Waals surface area contributed by atoms with Crippen molar-refractivity contribution in [1.82, 2.24) is 4.98 Å². The Hall–Kier alpha value is -2.47. The van der Waals surface area contributed by atoms with Crippen LogP contribution in [0.3, 0.4) is 0 Å². The third kappa shape index (κ3) is 3.32. The molecule has 23 heavy (non-hydrogen) atoms. The molecule has 2 heterocycles. The molecule has 120 valence electrons. The molecule has 0 aliphatic carbocycles. The second-order valence-corrected chi connectivity index (χ2v) is 5.84. The number of hydrogen-bond donors (Lipinski definition) is 0. The Morgan fingerprint density at radius 2 is 2.04 bits per heavy atom. The predicted molar refractivity (Wildman–Crippen MR) is 87.6 cm³/mol. The van der Waals surface area contributed by atoms with Crippen molar-refractivity contribution in [3.8, 4) is 0 Å². The molecule has 2 aromatic rings. The van der Waals surface area contributed by atoms with Crippen molar-refractivity contribution in [2.75, 3.05) is 18.0 Å². The number of rotatable bonds is 3. The van der Waals surface area contributed by atoms with Gasteiger partial charge in [-0.05, 0) is 25.0 Å². The number of aryl methyl sites for hydroxylation is 1. The highest BCUT2D eigenvalue weighted by atomic mass is 16.6. The summed E-state index contributed by atoms with van der Waals surface area (Å²) >= 11 is 0. The lowest BCUT2D eigenvalue weighted by Gasteiger charge is -2.38. The lowest BCUT2D eigenvalue weighted by molar-refractivity contribution is -0.385. The second-order valence-electron chi connectivity index (χ2n) is 5.84. The van der Waals surface area contributed by atoms with E-state index >= 15 is 0 Å². The van der Waals surface area contributed by atoms with Crippen LogP contribution in [0, 0.1) is 17.0 Å². The van der Waals surface area contributed by atoms with E-state index in [1.54, 1.807) is 6.07 Å². The largest absolute Gasteiger partial charge is 0.367 e. The third-order valence-electron chi connectivity index (χ3n) is 3.98. The van der Waals surface area contributed by atoms with Crippen LogP contribution in [0.25, 0.3) is 0 Å². The third-order valence-corrected chi connectivity index (χ3v) is 3.98. The van der Waals surface area contributed by atoms with Gasteiger partial charge in [-0.2, -0.15) is 0 Å². The van der Waals surface area contributed by atoms with Crippen LogP contribution in [0.15, 0.2) is 42.6 Å². The van der Waals surface area contributed by atoms with E-state index in [4.69, 9.17) is 4.74 Å². The van der Waals surface area contributed by atoms with Crippen LogP contribution in [0.1, 0.15) is 24.2 Å². The number of pyridine rings is 1. The van der Waals surface area contributed by atoms with E-state index in [0.717, 1.165) is 23.5 Å². The van der Waals surface area contributed by atoms with Gasteiger partial charge in [0.25, 0.3) is 5.69 Å². The first-order valence-corrected chi connectivity index (χ1v) is 7.61. The Bertz CT molecular complexity index is 705. The van der Waals surface area contributed by atoms with Gasteiger partial charge >= 0.3 is 0 Å². The summed E-state index contributed by atoms with van der Waals surface area (Å²) in [6, 6.07) is 11.7. The molecule has 0 spiro atoms. The highest BCUT2D eigenvalue weighted by Gasteiger charge is 2.28. The number of hydrogen-bond acceptors (Lipinski definition) is 5. The summed E-state index contributed by atoms with van der Waals surface area (Å²) in [6.07, 6.45) is 1.35. The molecule has 1 fully saturated rings. The first-order valence-electron chi connectivity index (χ1n) is 7.61. The normalized spacial score (nSPS) is 21.2. The van der Waals surface area contributed by atoms with Crippen molar-refractivity contribution in [2.24, 2.45) is 0 Å². The molecule has 6 heteroatoms. The van der Waals surface area contributed by atoms with E-state index in [1.165, 1.54) is 6.20 Å². The van der Waals surface area contributed by atoms with Gasteiger partial charge < -0.3 is 9.64 Å². The molecule has 6 nitrogen and oxygen atoms in total. The number of anilines is 1. The number of aromatic nitrogens is 1. The van der Waals surface area contributed by atoms with Crippen LogP contribution in [0.2, 0.25) is 0 Å². The van der Waals surface area contributed by atoms with Gasteiger partial charge in [0.15, 0.2) is 0 Å². The Kier molecular flexibility index (Phi) is 4.25. The van der Waals surface area contributed by atoms with Crippen molar-refractivity contribution >= 4 is 11.5 Å². The van der Waals surface area contributed by atoms with E-state index in [1.807, 2.05) is 32.0 Å². The minimum atomic E-state index is -0.418. The van der Waals surface area contributed by atoms with Gasteiger partial charge in [-0.1, -0.05) is 30.3 Å². The van der Waals surface area contributed by atoms with E-state index in [0.29, 0.717) is 6.54 Å². The smallest absolute Gasteiger partial charge is 0.287 e. The van der Waals surface area contributed by atoms with Gasteiger partial charge in [0.2, 0.25) is 0 Å². The Labute approximate surface area is 134 Å². The maximum Gasteiger partial charge on any atom is 0.287 e. The van der Waals surface area contributed by atoms with Gasteiger partial charge in [-0.15, -0.1) is 0 Å². The molecular formula is C17H19N3O3. The molecule has 0 bridgehead atoms. The average Bonchev–Trinajstić information content (AvgIpc) is 2.55. The zero-order chi connectivity index (χ0) is 16.4. The zero-order valence-electron chi connectivity index (χ0n) is 13.2. The van der Waals surface area contributed by atoms with E-state index in [2.05, 4.69) is 22.0 Å². The molecule has 1 saturated heterocycles. The molecule has 2 atom stereocenters.